The summed E-state index contributed by atoms with van der Waals surface area (Å²) in [6.07, 6.45) is 5.69. The Balaban J connectivity index is 1.79. The summed E-state index contributed by atoms with van der Waals surface area (Å²) >= 11 is 0. The third-order valence-electron chi connectivity index (χ3n) is 4.74. The van der Waals surface area contributed by atoms with E-state index in [1.807, 2.05) is 0 Å². The second kappa shape index (κ2) is 3.73. The van der Waals surface area contributed by atoms with Gasteiger partial charge in [-0.05, 0) is 37.0 Å². The number of amides is 1. The molecule has 0 spiro atoms. The van der Waals surface area contributed by atoms with Crippen LogP contribution in [0.25, 0.3) is 0 Å². The molecule has 1 saturated heterocycles. The number of hydrogen-bond donors (Lipinski definition) is 1. The molecule has 3 nitrogen and oxygen atoms in total. The van der Waals surface area contributed by atoms with Gasteiger partial charge < -0.3 is 4.90 Å². The van der Waals surface area contributed by atoms with Crippen LogP contribution in [0.1, 0.15) is 39.5 Å². The number of nitrogens with one attached hydrogen (secondary N) is 1. The zero-order valence-electron chi connectivity index (χ0n) is 10.3. The average molecular weight is 222 g/mol. The average Bonchev–Trinajstić information content (AvgIpc) is 2.90. The third kappa shape index (κ3) is 1.48. The van der Waals surface area contributed by atoms with E-state index in [1.54, 1.807) is 0 Å². The highest BCUT2D eigenvalue weighted by molar-refractivity contribution is 5.81. The van der Waals surface area contributed by atoms with E-state index in [1.165, 1.54) is 25.7 Å². The van der Waals surface area contributed by atoms with Gasteiger partial charge in [0.2, 0.25) is 5.91 Å². The Labute approximate surface area is 97.6 Å². The van der Waals surface area contributed by atoms with Crippen LogP contribution in [0, 0.1) is 17.8 Å². The summed E-state index contributed by atoms with van der Waals surface area (Å²) in [5, 5.41) is 3.37. The fourth-order valence-electron chi connectivity index (χ4n) is 4.04. The van der Waals surface area contributed by atoms with Gasteiger partial charge in [0.25, 0.3) is 0 Å². The number of carbonyl (C=O) groups excluding carboxylic acids is 1. The van der Waals surface area contributed by atoms with Crippen LogP contribution in [0.15, 0.2) is 0 Å². The molecule has 3 heteroatoms. The molecule has 0 aromatic rings. The molecule has 16 heavy (non-hydrogen) atoms. The van der Waals surface area contributed by atoms with Crippen molar-refractivity contribution in [2.45, 2.75) is 51.7 Å². The maximum atomic E-state index is 12.0. The molecule has 2 bridgehead atoms. The van der Waals surface area contributed by atoms with Crippen LogP contribution in [0.3, 0.4) is 0 Å². The summed E-state index contributed by atoms with van der Waals surface area (Å²) in [6, 6.07) is 0.550. The SMILES string of the molecule is CC(C)C1NCC(=O)N1C1CC2CCC1C2. The van der Waals surface area contributed by atoms with Crippen molar-refractivity contribution in [3.8, 4) is 0 Å². The highest BCUT2D eigenvalue weighted by atomic mass is 16.2. The Hall–Kier alpha value is -0.570. The highest BCUT2D eigenvalue weighted by Crippen LogP contribution is 2.47. The lowest BCUT2D eigenvalue weighted by molar-refractivity contribution is -0.132. The minimum absolute atomic E-state index is 0.289. The van der Waals surface area contributed by atoms with Gasteiger partial charge in [0.1, 0.15) is 0 Å². The Morgan fingerprint density at radius 2 is 2.12 bits per heavy atom. The topological polar surface area (TPSA) is 32.3 Å². The van der Waals surface area contributed by atoms with Crippen molar-refractivity contribution < 1.29 is 4.79 Å². The Kier molecular flexibility index (Phi) is 2.46. The van der Waals surface area contributed by atoms with E-state index in [-0.39, 0.29) is 6.17 Å². The lowest BCUT2D eigenvalue weighted by atomic mass is 9.93. The molecule has 4 unspecified atom stereocenters. The number of carbonyl (C=O) groups is 1. The summed E-state index contributed by atoms with van der Waals surface area (Å²) in [6.45, 7) is 4.96. The van der Waals surface area contributed by atoms with Crippen molar-refractivity contribution in [1.29, 1.82) is 0 Å². The molecule has 3 rings (SSSR count). The molecule has 1 amide bonds. The number of fused-ring (bicyclic) bond motifs is 2. The van der Waals surface area contributed by atoms with Gasteiger partial charge in [-0.3, -0.25) is 10.1 Å². The van der Waals surface area contributed by atoms with Gasteiger partial charge in [-0.15, -0.1) is 0 Å². The van der Waals surface area contributed by atoms with Crippen LogP contribution in [-0.2, 0) is 4.79 Å². The molecule has 3 fully saturated rings. The number of rotatable bonds is 2. The van der Waals surface area contributed by atoms with Crippen molar-refractivity contribution in [2.75, 3.05) is 6.54 Å². The van der Waals surface area contributed by atoms with Gasteiger partial charge in [0.15, 0.2) is 0 Å². The lowest BCUT2D eigenvalue weighted by Crippen LogP contribution is -2.49. The molecule has 90 valence electrons. The van der Waals surface area contributed by atoms with Crippen molar-refractivity contribution in [1.82, 2.24) is 10.2 Å². The molecule has 3 aliphatic rings. The van der Waals surface area contributed by atoms with Crippen LogP contribution in [0.4, 0.5) is 0 Å². The van der Waals surface area contributed by atoms with Crippen molar-refractivity contribution in [3.63, 3.8) is 0 Å². The number of hydrogen-bond acceptors (Lipinski definition) is 2. The van der Waals surface area contributed by atoms with Crippen molar-refractivity contribution in [2.24, 2.45) is 17.8 Å². The first-order valence-corrected chi connectivity index (χ1v) is 6.71. The van der Waals surface area contributed by atoms with E-state index in [0.29, 0.717) is 24.4 Å². The largest absolute Gasteiger partial charge is 0.323 e. The van der Waals surface area contributed by atoms with E-state index >= 15 is 0 Å². The second-order valence-electron chi connectivity index (χ2n) is 6.11. The Bertz CT molecular complexity index is 302. The zero-order valence-corrected chi connectivity index (χ0v) is 10.3. The van der Waals surface area contributed by atoms with Crippen LogP contribution in [0.5, 0.6) is 0 Å². The van der Waals surface area contributed by atoms with Crippen LogP contribution >= 0.6 is 0 Å². The third-order valence-corrected chi connectivity index (χ3v) is 4.74. The Morgan fingerprint density at radius 1 is 1.31 bits per heavy atom. The first kappa shape index (κ1) is 10.6. The molecule has 0 aromatic heterocycles. The van der Waals surface area contributed by atoms with Crippen LogP contribution < -0.4 is 5.32 Å². The summed E-state index contributed by atoms with van der Waals surface area (Å²) in [7, 11) is 0. The van der Waals surface area contributed by atoms with Gasteiger partial charge in [-0.2, -0.15) is 0 Å². The molecule has 1 heterocycles. The standard InChI is InChI=1S/C13H22N2O/c1-8(2)13-14-7-12(16)15(13)11-6-9-3-4-10(11)5-9/h8-11,13-14H,3-7H2,1-2H3. The molecule has 4 atom stereocenters. The Morgan fingerprint density at radius 3 is 2.69 bits per heavy atom. The lowest BCUT2D eigenvalue weighted by Gasteiger charge is -2.37. The van der Waals surface area contributed by atoms with E-state index in [9.17, 15) is 4.79 Å². The fourth-order valence-corrected chi connectivity index (χ4v) is 4.04. The molecule has 0 aromatic carbocycles. The number of nitrogens with zero attached hydrogens (tertiary/aromatic N) is 1. The second-order valence-corrected chi connectivity index (χ2v) is 6.11. The summed E-state index contributed by atoms with van der Waals surface area (Å²) < 4.78 is 0. The molecule has 1 aliphatic heterocycles. The highest BCUT2D eigenvalue weighted by Gasteiger charge is 2.47. The molecular formula is C13H22N2O. The minimum atomic E-state index is 0.289. The quantitative estimate of drug-likeness (QED) is 0.769. The molecule has 2 saturated carbocycles. The monoisotopic (exact) mass is 222 g/mol. The van der Waals surface area contributed by atoms with Crippen LogP contribution in [-0.4, -0.2) is 29.6 Å². The van der Waals surface area contributed by atoms with Gasteiger partial charge in [0, 0.05) is 6.04 Å². The first-order valence-electron chi connectivity index (χ1n) is 6.71. The predicted molar refractivity (Wildman–Crippen MR) is 62.7 cm³/mol. The summed E-state index contributed by atoms with van der Waals surface area (Å²) in [4.78, 5) is 14.2. The van der Waals surface area contributed by atoms with E-state index in [2.05, 4.69) is 24.1 Å². The maximum absolute atomic E-state index is 12.0. The smallest absolute Gasteiger partial charge is 0.238 e. The minimum Gasteiger partial charge on any atom is -0.323 e. The van der Waals surface area contributed by atoms with E-state index in [0.717, 1.165) is 11.8 Å². The molecule has 2 aliphatic carbocycles. The zero-order chi connectivity index (χ0) is 11.3. The van der Waals surface area contributed by atoms with Gasteiger partial charge in [-0.25, -0.2) is 0 Å². The van der Waals surface area contributed by atoms with Crippen molar-refractivity contribution in [3.05, 3.63) is 0 Å². The fraction of sp³-hybridized carbons (Fsp3) is 0.923. The van der Waals surface area contributed by atoms with Crippen molar-refractivity contribution >= 4 is 5.91 Å². The first-order chi connectivity index (χ1) is 7.66. The molecule has 0 radical (unpaired) electrons. The van der Waals surface area contributed by atoms with Gasteiger partial charge in [-0.1, -0.05) is 20.3 Å². The van der Waals surface area contributed by atoms with E-state index in [4.69, 9.17) is 0 Å². The van der Waals surface area contributed by atoms with E-state index < -0.39 is 0 Å². The normalized spacial score (nSPS) is 42.7. The summed E-state index contributed by atoms with van der Waals surface area (Å²) in [5.41, 5.74) is 0. The summed E-state index contributed by atoms with van der Waals surface area (Å²) in [5.74, 6) is 2.56. The van der Waals surface area contributed by atoms with Crippen LogP contribution in [0.2, 0.25) is 0 Å². The van der Waals surface area contributed by atoms with Gasteiger partial charge in [0.05, 0.1) is 12.7 Å². The molecule has 1 N–H and O–H groups in total. The predicted octanol–water partition coefficient (Wildman–Crippen LogP) is 1.59. The molecular weight excluding hydrogens is 200 g/mol. The van der Waals surface area contributed by atoms with Gasteiger partial charge >= 0.3 is 0 Å². The maximum Gasteiger partial charge on any atom is 0.238 e.